The fourth-order valence-corrected chi connectivity index (χ4v) is 1.76. The van der Waals surface area contributed by atoms with Crippen molar-refractivity contribution in [3.05, 3.63) is 46.9 Å². The van der Waals surface area contributed by atoms with Crippen molar-refractivity contribution < 1.29 is 9.53 Å². The Labute approximate surface area is 115 Å². The van der Waals surface area contributed by atoms with Crippen molar-refractivity contribution in [3.63, 3.8) is 0 Å². The zero-order chi connectivity index (χ0) is 14.5. The Kier molecular flexibility index (Phi) is 4.19. The first-order valence-electron chi connectivity index (χ1n) is 6.15. The van der Waals surface area contributed by atoms with E-state index in [-0.39, 0.29) is 18.7 Å². The minimum atomic E-state index is -0.476. The molecule has 106 valence electrons. The predicted octanol–water partition coefficient (Wildman–Crippen LogP) is 0.179. The van der Waals surface area contributed by atoms with Crippen molar-refractivity contribution in [3.8, 4) is 0 Å². The summed E-state index contributed by atoms with van der Waals surface area (Å²) in [6.07, 6.45) is 4.92. The van der Waals surface area contributed by atoms with E-state index in [2.05, 4.69) is 4.98 Å². The lowest BCUT2D eigenvalue weighted by molar-refractivity contribution is -0.144. The summed E-state index contributed by atoms with van der Waals surface area (Å²) in [5.74, 6) is 0.378. The molecule has 0 unspecified atom stereocenters. The molecular formula is C13H16N4O3. The Morgan fingerprint density at radius 1 is 1.40 bits per heavy atom. The van der Waals surface area contributed by atoms with Crippen LogP contribution in [0.4, 0.5) is 5.69 Å². The molecule has 7 heteroatoms. The summed E-state index contributed by atoms with van der Waals surface area (Å²) < 4.78 is 8.18. The molecule has 0 aliphatic heterocycles. The minimum absolute atomic E-state index is 0.146. The molecule has 2 aromatic rings. The number of imidazole rings is 1. The smallest absolute Gasteiger partial charge is 0.326 e. The highest BCUT2D eigenvalue weighted by atomic mass is 16.5. The normalized spacial score (nSPS) is 10.4. The van der Waals surface area contributed by atoms with Gasteiger partial charge in [-0.25, -0.2) is 4.98 Å². The fourth-order valence-electron chi connectivity index (χ4n) is 1.76. The van der Waals surface area contributed by atoms with Crippen LogP contribution >= 0.6 is 0 Å². The lowest BCUT2D eigenvalue weighted by atomic mass is 10.4. The van der Waals surface area contributed by atoms with Gasteiger partial charge in [-0.3, -0.25) is 9.59 Å². The predicted molar refractivity (Wildman–Crippen MR) is 73.0 cm³/mol. The van der Waals surface area contributed by atoms with Crippen LogP contribution in [0, 0.1) is 6.92 Å². The van der Waals surface area contributed by atoms with Crippen molar-refractivity contribution in [2.45, 2.75) is 20.0 Å². The van der Waals surface area contributed by atoms with Gasteiger partial charge in [0.2, 0.25) is 0 Å². The van der Waals surface area contributed by atoms with E-state index in [4.69, 9.17) is 10.5 Å². The molecule has 0 radical (unpaired) electrons. The molecule has 0 spiro atoms. The summed E-state index contributed by atoms with van der Waals surface area (Å²) in [6, 6.07) is 2.81. The molecule has 0 saturated heterocycles. The van der Waals surface area contributed by atoms with Gasteiger partial charge in [0.1, 0.15) is 19.0 Å². The van der Waals surface area contributed by atoms with Gasteiger partial charge in [-0.1, -0.05) is 0 Å². The lowest BCUT2D eigenvalue weighted by Gasteiger charge is -2.08. The summed E-state index contributed by atoms with van der Waals surface area (Å²) in [5, 5.41) is 0. The summed E-state index contributed by atoms with van der Waals surface area (Å²) >= 11 is 0. The van der Waals surface area contributed by atoms with E-state index in [9.17, 15) is 9.59 Å². The zero-order valence-electron chi connectivity index (χ0n) is 11.2. The summed E-state index contributed by atoms with van der Waals surface area (Å²) in [6.45, 7) is 2.48. The van der Waals surface area contributed by atoms with E-state index in [1.165, 1.54) is 22.9 Å². The van der Waals surface area contributed by atoms with Crippen molar-refractivity contribution >= 4 is 11.7 Å². The van der Waals surface area contributed by atoms with Gasteiger partial charge in [-0.2, -0.15) is 0 Å². The third-order valence-corrected chi connectivity index (χ3v) is 2.82. The fraction of sp³-hybridized carbons (Fsp3) is 0.308. The molecule has 7 nitrogen and oxygen atoms in total. The van der Waals surface area contributed by atoms with Crippen molar-refractivity contribution in [2.75, 3.05) is 12.3 Å². The number of aryl methyl sites for hydroxylation is 1. The number of carbonyl (C=O) groups is 1. The third-order valence-electron chi connectivity index (χ3n) is 2.82. The molecule has 0 aromatic carbocycles. The molecular weight excluding hydrogens is 260 g/mol. The first kappa shape index (κ1) is 13.9. The molecule has 2 N–H and O–H groups in total. The maximum Gasteiger partial charge on any atom is 0.326 e. The first-order chi connectivity index (χ1) is 9.56. The lowest BCUT2D eigenvalue weighted by Crippen LogP contribution is -2.25. The van der Waals surface area contributed by atoms with E-state index in [0.29, 0.717) is 12.2 Å². The number of aromatic nitrogens is 3. The number of hydrogen-bond acceptors (Lipinski definition) is 5. The number of hydrogen-bond donors (Lipinski definition) is 1. The molecule has 0 amide bonds. The van der Waals surface area contributed by atoms with Crippen LogP contribution in [0.5, 0.6) is 0 Å². The van der Waals surface area contributed by atoms with Gasteiger partial charge in [0.05, 0.1) is 6.54 Å². The standard InChI is InChI=1S/C13H16N4O3/c1-10-15-4-5-16(10)6-7-20-13(19)9-17-8-11(14)2-3-12(17)18/h2-5,8H,6-7,9,14H2,1H3. The highest BCUT2D eigenvalue weighted by Gasteiger charge is 2.06. The van der Waals surface area contributed by atoms with Crippen LogP contribution in [0.3, 0.4) is 0 Å². The number of nitrogens with zero attached hydrogens (tertiary/aromatic N) is 3. The van der Waals surface area contributed by atoms with Crippen LogP contribution in [0.1, 0.15) is 5.82 Å². The number of carbonyl (C=O) groups excluding carboxylic acids is 1. The molecule has 2 rings (SSSR count). The summed E-state index contributed by atoms with van der Waals surface area (Å²) in [5.41, 5.74) is 5.69. The average Bonchev–Trinajstić information content (AvgIpc) is 2.80. The van der Waals surface area contributed by atoms with E-state index in [1.54, 1.807) is 6.20 Å². The highest BCUT2D eigenvalue weighted by Crippen LogP contribution is 1.98. The number of rotatable bonds is 5. The van der Waals surface area contributed by atoms with Crippen LogP contribution in [-0.4, -0.2) is 26.7 Å². The Morgan fingerprint density at radius 2 is 2.20 bits per heavy atom. The van der Waals surface area contributed by atoms with Gasteiger partial charge >= 0.3 is 5.97 Å². The number of pyridine rings is 1. The molecule has 0 fully saturated rings. The summed E-state index contributed by atoms with van der Waals surface area (Å²) in [4.78, 5) is 27.2. The van der Waals surface area contributed by atoms with Crippen LogP contribution in [0.25, 0.3) is 0 Å². The summed E-state index contributed by atoms with van der Waals surface area (Å²) in [7, 11) is 0. The van der Waals surface area contributed by atoms with Crippen LogP contribution in [0.2, 0.25) is 0 Å². The van der Waals surface area contributed by atoms with Gasteiger partial charge in [0.15, 0.2) is 0 Å². The minimum Gasteiger partial charge on any atom is -0.462 e. The van der Waals surface area contributed by atoms with Crippen molar-refractivity contribution in [2.24, 2.45) is 0 Å². The van der Waals surface area contributed by atoms with Gasteiger partial charge in [0, 0.05) is 30.3 Å². The topological polar surface area (TPSA) is 92.1 Å². The van der Waals surface area contributed by atoms with E-state index in [1.807, 2.05) is 17.7 Å². The molecule has 0 aliphatic rings. The van der Waals surface area contributed by atoms with Crippen LogP contribution in [-0.2, 0) is 22.6 Å². The van der Waals surface area contributed by atoms with Crippen molar-refractivity contribution in [1.82, 2.24) is 14.1 Å². The largest absolute Gasteiger partial charge is 0.462 e. The highest BCUT2D eigenvalue weighted by molar-refractivity contribution is 5.69. The third kappa shape index (κ3) is 3.47. The second-order valence-corrected chi connectivity index (χ2v) is 4.32. The number of ether oxygens (including phenoxy) is 1. The van der Waals surface area contributed by atoms with Gasteiger partial charge in [-0.15, -0.1) is 0 Å². The second-order valence-electron chi connectivity index (χ2n) is 4.32. The molecule has 0 bridgehead atoms. The Morgan fingerprint density at radius 3 is 2.90 bits per heavy atom. The first-order valence-corrected chi connectivity index (χ1v) is 6.15. The van der Waals surface area contributed by atoms with Gasteiger partial charge < -0.3 is 19.6 Å². The second kappa shape index (κ2) is 6.05. The molecule has 20 heavy (non-hydrogen) atoms. The Bertz CT molecular complexity index is 660. The van der Waals surface area contributed by atoms with Gasteiger partial charge in [0.25, 0.3) is 5.56 Å². The molecule has 0 atom stereocenters. The number of esters is 1. The monoisotopic (exact) mass is 276 g/mol. The van der Waals surface area contributed by atoms with Crippen LogP contribution in [0.15, 0.2) is 35.5 Å². The van der Waals surface area contributed by atoms with E-state index < -0.39 is 5.97 Å². The maximum absolute atomic E-state index is 11.6. The van der Waals surface area contributed by atoms with Crippen LogP contribution < -0.4 is 11.3 Å². The Hall–Kier alpha value is -2.57. The number of anilines is 1. The van der Waals surface area contributed by atoms with E-state index in [0.717, 1.165) is 5.82 Å². The zero-order valence-corrected chi connectivity index (χ0v) is 11.2. The quantitative estimate of drug-likeness (QED) is 0.786. The Balaban J connectivity index is 1.85. The molecule has 0 saturated carbocycles. The maximum atomic E-state index is 11.6. The molecule has 2 heterocycles. The van der Waals surface area contributed by atoms with E-state index >= 15 is 0 Å². The van der Waals surface area contributed by atoms with Gasteiger partial charge in [-0.05, 0) is 13.0 Å². The molecule has 0 aliphatic carbocycles. The molecule has 2 aromatic heterocycles. The van der Waals surface area contributed by atoms with Crippen molar-refractivity contribution in [1.29, 1.82) is 0 Å². The number of nitrogen functional groups attached to an aromatic ring is 1. The SMILES string of the molecule is Cc1nccn1CCOC(=O)Cn1cc(N)ccc1=O. The average molecular weight is 276 g/mol. The number of nitrogens with two attached hydrogens (primary N) is 1.